The Labute approximate surface area is 142 Å². The van der Waals surface area contributed by atoms with E-state index in [1.165, 1.54) is 0 Å². The molecule has 3 N–H and O–H groups in total. The number of carboxylic acid groups (broad SMARTS) is 1. The molecular formula is C18H13N5O2. The predicted molar refractivity (Wildman–Crippen MR) is 91.8 cm³/mol. The van der Waals surface area contributed by atoms with E-state index in [0.29, 0.717) is 11.3 Å². The topological polar surface area (TPSA) is 108 Å². The van der Waals surface area contributed by atoms with Crippen LogP contribution in [-0.4, -0.2) is 36.7 Å². The first kappa shape index (κ1) is 14.8. The summed E-state index contributed by atoms with van der Waals surface area (Å²) in [6.07, 6.45) is 3.63. The van der Waals surface area contributed by atoms with Gasteiger partial charge >= 0.3 is 5.97 Å². The van der Waals surface area contributed by atoms with Crippen molar-refractivity contribution in [3.05, 3.63) is 66.6 Å². The zero-order valence-corrected chi connectivity index (χ0v) is 13.0. The zero-order valence-electron chi connectivity index (χ0n) is 13.0. The number of hydrogen-bond acceptors (Lipinski definition) is 4. The summed E-state index contributed by atoms with van der Waals surface area (Å²) in [5.74, 6) is -1.08. The third kappa shape index (κ3) is 2.78. The fourth-order valence-electron chi connectivity index (χ4n) is 2.66. The Hall–Kier alpha value is -3.74. The van der Waals surface area contributed by atoms with Crippen LogP contribution >= 0.6 is 0 Å². The molecule has 0 saturated carbocycles. The molecule has 2 heterocycles. The van der Waals surface area contributed by atoms with Gasteiger partial charge in [0.05, 0.1) is 6.20 Å². The van der Waals surface area contributed by atoms with E-state index < -0.39 is 5.97 Å². The van der Waals surface area contributed by atoms with Gasteiger partial charge in [-0.3, -0.25) is 10.2 Å². The average molecular weight is 331 g/mol. The fraction of sp³-hybridized carbons (Fsp3) is 0. The first-order chi connectivity index (χ1) is 12.2. The Bertz CT molecular complexity index is 1000. The molecule has 0 aliphatic carbocycles. The van der Waals surface area contributed by atoms with Gasteiger partial charge in [0.15, 0.2) is 5.69 Å². The van der Waals surface area contributed by atoms with Crippen molar-refractivity contribution in [2.24, 2.45) is 0 Å². The van der Waals surface area contributed by atoms with Crippen molar-refractivity contribution in [2.45, 2.75) is 0 Å². The minimum Gasteiger partial charge on any atom is -0.476 e. The number of nitrogens with zero attached hydrogens (tertiary/aromatic N) is 3. The summed E-state index contributed by atoms with van der Waals surface area (Å²) in [6.45, 7) is 0. The van der Waals surface area contributed by atoms with E-state index in [9.17, 15) is 4.79 Å². The molecule has 25 heavy (non-hydrogen) atoms. The highest BCUT2D eigenvalue weighted by Crippen LogP contribution is 2.27. The summed E-state index contributed by atoms with van der Waals surface area (Å²) < 4.78 is 0. The van der Waals surface area contributed by atoms with Crippen LogP contribution in [0.2, 0.25) is 0 Å². The minimum atomic E-state index is -1.08. The Morgan fingerprint density at radius 2 is 1.40 bits per heavy atom. The highest BCUT2D eigenvalue weighted by Gasteiger charge is 2.15. The van der Waals surface area contributed by atoms with E-state index >= 15 is 0 Å². The van der Waals surface area contributed by atoms with E-state index in [1.54, 1.807) is 6.20 Å². The van der Waals surface area contributed by atoms with Crippen molar-refractivity contribution in [3.63, 3.8) is 0 Å². The maximum absolute atomic E-state index is 11.2. The molecule has 0 spiro atoms. The lowest BCUT2D eigenvalue weighted by molar-refractivity contribution is 0.0691. The second-order valence-electron chi connectivity index (χ2n) is 5.48. The molecule has 0 atom stereocenters. The van der Waals surface area contributed by atoms with Gasteiger partial charge in [-0.05, 0) is 16.7 Å². The van der Waals surface area contributed by atoms with E-state index in [1.807, 2.05) is 54.7 Å². The Balaban J connectivity index is 1.62. The molecule has 2 aromatic heterocycles. The van der Waals surface area contributed by atoms with Crippen molar-refractivity contribution >= 4 is 5.97 Å². The molecule has 0 saturated heterocycles. The van der Waals surface area contributed by atoms with Crippen molar-refractivity contribution in [1.82, 2.24) is 25.6 Å². The monoisotopic (exact) mass is 331 g/mol. The van der Waals surface area contributed by atoms with E-state index in [2.05, 4.69) is 25.6 Å². The van der Waals surface area contributed by atoms with Crippen LogP contribution in [0.3, 0.4) is 0 Å². The smallest absolute Gasteiger partial charge is 0.356 e. The summed E-state index contributed by atoms with van der Waals surface area (Å²) >= 11 is 0. The van der Waals surface area contributed by atoms with Gasteiger partial charge in [-0.1, -0.05) is 53.7 Å². The number of rotatable bonds is 4. The number of aromatic nitrogens is 5. The summed E-state index contributed by atoms with van der Waals surface area (Å²) in [7, 11) is 0. The number of hydrogen-bond donors (Lipinski definition) is 3. The number of benzene rings is 2. The van der Waals surface area contributed by atoms with Crippen molar-refractivity contribution in [1.29, 1.82) is 0 Å². The third-order valence-electron chi connectivity index (χ3n) is 3.97. The summed E-state index contributed by atoms with van der Waals surface area (Å²) in [4.78, 5) is 11.2. The molecule has 4 aromatic rings. The third-order valence-corrected chi connectivity index (χ3v) is 3.97. The molecule has 2 aromatic carbocycles. The van der Waals surface area contributed by atoms with Gasteiger partial charge in [-0.25, -0.2) is 4.79 Å². The van der Waals surface area contributed by atoms with Gasteiger partial charge in [-0.2, -0.15) is 5.10 Å². The lowest BCUT2D eigenvalue weighted by Gasteiger charge is -2.05. The van der Waals surface area contributed by atoms with Gasteiger partial charge in [0, 0.05) is 17.3 Å². The van der Waals surface area contributed by atoms with Gasteiger partial charge in [-0.15, -0.1) is 5.10 Å². The van der Waals surface area contributed by atoms with Crippen LogP contribution in [0.4, 0.5) is 0 Å². The average Bonchev–Trinajstić information content (AvgIpc) is 3.34. The van der Waals surface area contributed by atoms with Crippen LogP contribution in [0.25, 0.3) is 33.5 Å². The Morgan fingerprint density at radius 3 is 1.92 bits per heavy atom. The van der Waals surface area contributed by atoms with Crippen LogP contribution in [0.5, 0.6) is 0 Å². The highest BCUT2D eigenvalue weighted by atomic mass is 16.4. The van der Waals surface area contributed by atoms with Crippen LogP contribution in [-0.2, 0) is 0 Å². The normalized spacial score (nSPS) is 10.7. The van der Waals surface area contributed by atoms with Crippen molar-refractivity contribution in [2.75, 3.05) is 0 Å². The van der Waals surface area contributed by atoms with Crippen LogP contribution in [0, 0.1) is 0 Å². The minimum absolute atomic E-state index is 0.0165. The van der Waals surface area contributed by atoms with E-state index in [0.717, 1.165) is 22.3 Å². The molecule has 0 amide bonds. The number of nitrogens with one attached hydrogen (secondary N) is 2. The van der Waals surface area contributed by atoms with Crippen LogP contribution in [0.1, 0.15) is 10.5 Å². The molecule has 0 unspecified atom stereocenters. The van der Waals surface area contributed by atoms with Gasteiger partial charge in [0.2, 0.25) is 0 Å². The van der Waals surface area contributed by atoms with E-state index in [-0.39, 0.29) is 5.69 Å². The Morgan fingerprint density at radius 1 is 0.840 bits per heavy atom. The number of carboxylic acids is 1. The maximum atomic E-state index is 11.2. The first-order valence-electron chi connectivity index (χ1n) is 7.57. The SMILES string of the molecule is O=C(O)c1[nH]nnc1-c1ccc(-c2ccc(-c3cn[nH]c3)cc2)cc1. The van der Waals surface area contributed by atoms with Gasteiger partial charge in [0.1, 0.15) is 5.69 Å². The predicted octanol–water partition coefficient (Wildman–Crippen LogP) is 3.23. The van der Waals surface area contributed by atoms with E-state index in [4.69, 9.17) is 5.11 Å². The quantitative estimate of drug-likeness (QED) is 0.532. The zero-order chi connectivity index (χ0) is 17.2. The largest absolute Gasteiger partial charge is 0.476 e. The molecular weight excluding hydrogens is 318 g/mol. The fourth-order valence-corrected chi connectivity index (χ4v) is 2.66. The molecule has 7 nitrogen and oxygen atoms in total. The highest BCUT2D eigenvalue weighted by molar-refractivity contribution is 5.92. The molecule has 122 valence electrons. The van der Waals surface area contributed by atoms with Gasteiger partial charge in [0.25, 0.3) is 0 Å². The molecule has 7 heteroatoms. The Kier molecular flexibility index (Phi) is 3.59. The number of aromatic carboxylic acids is 1. The molecule has 0 aliphatic heterocycles. The summed E-state index contributed by atoms with van der Waals surface area (Å²) in [5.41, 5.74) is 5.23. The number of aromatic amines is 2. The van der Waals surface area contributed by atoms with Crippen LogP contribution < -0.4 is 0 Å². The van der Waals surface area contributed by atoms with Crippen molar-refractivity contribution in [3.8, 4) is 33.5 Å². The van der Waals surface area contributed by atoms with Crippen LogP contribution in [0.15, 0.2) is 60.9 Å². The summed E-state index contributed by atoms with van der Waals surface area (Å²) in [5, 5.41) is 25.7. The first-order valence-corrected chi connectivity index (χ1v) is 7.57. The standard InChI is InChI=1S/C18H13N5O2/c24-18(25)17-16(21-23-22-17)14-7-5-12(6-8-14)11-1-3-13(4-2-11)15-9-19-20-10-15/h1-10H,(H,19,20)(H,24,25)(H,21,22,23). The second-order valence-corrected chi connectivity index (χ2v) is 5.48. The number of carbonyl (C=O) groups is 1. The molecule has 0 aliphatic rings. The maximum Gasteiger partial charge on any atom is 0.356 e. The second kappa shape index (κ2) is 6.04. The molecule has 0 fully saturated rings. The molecule has 0 bridgehead atoms. The lowest BCUT2D eigenvalue weighted by Crippen LogP contribution is -1.99. The van der Waals surface area contributed by atoms with Gasteiger partial charge < -0.3 is 5.11 Å². The van der Waals surface area contributed by atoms with Crippen molar-refractivity contribution < 1.29 is 9.90 Å². The molecule has 4 rings (SSSR count). The summed E-state index contributed by atoms with van der Waals surface area (Å²) in [6, 6.07) is 15.7. The lowest BCUT2D eigenvalue weighted by atomic mass is 10.00. The molecule has 0 radical (unpaired) electrons. The number of H-pyrrole nitrogens is 2.